The Kier molecular flexibility index (Phi) is 6.49. The van der Waals surface area contributed by atoms with E-state index in [0.29, 0.717) is 22.5 Å². The van der Waals surface area contributed by atoms with Crippen LogP contribution >= 0.6 is 0 Å². The number of nitrogens with one attached hydrogen (secondary N) is 2. The van der Waals surface area contributed by atoms with Gasteiger partial charge in [0.05, 0.1) is 11.1 Å². The Balaban J connectivity index is 1.75. The van der Waals surface area contributed by atoms with E-state index in [0.717, 1.165) is 11.1 Å². The maximum absolute atomic E-state index is 12.8. The minimum atomic E-state index is -0.312. The maximum atomic E-state index is 12.8. The fourth-order valence-electron chi connectivity index (χ4n) is 3.22. The monoisotopic (exact) mass is 429 g/mol. The molecular formula is C27H31N3O2. The van der Waals surface area contributed by atoms with Gasteiger partial charge in [0.25, 0.3) is 11.8 Å². The van der Waals surface area contributed by atoms with E-state index in [1.54, 1.807) is 6.07 Å². The molecule has 0 unspecified atom stereocenters. The second-order valence-electron chi connectivity index (χ2n) is 10.0. The highest BCUT2D eigenvalue weighted by atomic mass is 16.2. The van der Waals surface area contributed by atoms with Crippen LogP contribution in [0.4, 0.5) is 11.4 Å². The van der Waals surface area contributed by atoms with Crippen LogP contribution in [-0.2, 0) is 10.8 Å². The molecule has 2 N–H and O–H groups in total. The molecule has 0 saturated carbocycles. The van der Waals surface area contributed by atoms with Crippen LogP contribution in [0.25, 0.3) is 0 Å². The Morgan fingerprint density at radius 2 is 1.06 bits per heavy atom. The lowest BCUT2D eigenvalue weighted by Crippen LogP contribution is -2.17. The number of hydrogen-bond acceptors (Lipinski definition) is 3. The second-order valence-corrected chi connectivity index (χ2v) is 10.0. The molecule has 2 aromatic carbocycles. The fourth-order valence-corrected chi connectivity index (χ4v) is 3.22. The molecule has 0 aliphatic carbocycles. The van der Waals surface area contributed by atoms with Crippen molar-refractivity contribution in [3.05, 3.63) is 89.2 Å². The van der Waals surface area contributed by atoms with E-state index in [9.17, 15) is 9.59 Å². The van der Waals surface area contributed by atoms with Crippen LogP contribution < -0.4 is 10.6 Å². The summed E-state index contributed by atoms with van der Waals surface area (Å²) in [7, 11) is 0. The first-order chi connectivity index (χ1) is 14.9. The minimum absolute atomic E-state index is 0.0232. The molecule has 3 rings (SSSR count). The fraction of sp³-hybridized carbons (Fsp3) is 0.296. The van der Waals surface area contributed by atoms with Crippen molar-refractivity contribution in [2.75, 3.05) is 10.6 Å². The quantitative estimate of drug-likeness (QED) is 0.520. The molecule has 0 atom stereocenters. The van der Waals surface area contributed by atoms with Gasteiger partial charge in [0.2, 0.25) is 0 Å². The zero-order valence-electron chi connectivity index (χ0n) is 19.6. The summed E-state index contributed by atoms with van der Waals surface area (Å²) in [5.41, 5.74) is 4.25. The Hall–Kier alpha value is -3.47. The molecule has 1 heterocycles. The molecule has 0 bridgehead atoms. The molecule has 5 nitrogen and oxygen atoms in total. The highest BCUT2D eigenvalue weighted by Crippen LogP contribution is 2.26. The molecule has 5 heteroatoms. The van der Waals surface area contributed by atoms with Crippen molar-refractivity contribution in [2.45, 2.75) is 52.4 Å². The van der Waals surface area contributed by atoms with Gasteiger partial charge in [0.1, 0.15) is 0 Å². The van der Waals surface area contributed by atoms with Crippen LogP contribution in [-0.4, -0.2) is 16.8 Å². The standard InChI is InChI=1S/C27H31N3O2/c1-26(2,3)20-9-7-11-22(14-20)29-24(31)18-13-19(17-28-16-18)25(32)30-23-12-8-10-21(15-23)27(4,5)6/h7-17H,1-6H3,(H,29,31)(H,30,32). The van der Waals surface area contributed by atoms with Gasteiger partial charge < -0.3 is 10.6 Å². The van der Waals surface area contributed by atoms with Crippen LogP contribution in [0.2, 0.25) is 0 Å². The van der Waals surface area contributed by atoms with Crippen molar-refractivity contribution in [1.82, 2.24) is 4.98 Å². The average molecular weight is 430 g/mol. The lowest BCUT2D eigenvalue weighted by Gasteiger charge is -2.20. The summed E-state index contributed by atoms with van der Waals surface area (Å²) in [5.74, 6) is -0.624. The molecular weight excluding hydrogens is 398 g/mol. The summed E-state index contributed by atoms with van der Waals surface area (Å²) in [6.07, 6.45) is 2.92. The molecule has 3 aromatic rings. The summed E-state index contributed by atoms with van der Waals surface area (Å²) in [5, 5.41) is 5.80. The third-order valence-corrected chi connectivity index (χ3v) is 5.24. The summed E-state index contributed by atoms with van der Waals surface area (Å²) in [4.78, 5) is 29.7. The third-order valence-electron chi connectivity index (χ3n) is 5.24. The SMILES string of the molecule is CC(C)(C)c1cccc(NC(=O)c2cncc(C(=O)Nc3cccc(C(C)(C)C)c3)c2)c1. The Morgan fingerprint density at radius 1 is 0.656 bits per heavy atom. The molecule has 0 aliphatic rings. The Labute approximate surface area is 190 Å². The zero-order valence-corrected chi connectivity index (χ0v) is 19.6. The van der Waals surface area contributed by atoms with Gasteiger partial charge in [-0.15, -0.1) is 0 Å². The molecule has 32 heavy (non-hydrogen) atoms. The largest absolute Gasteiger partial charge is 0.322 e. The first-order valence-corrected chi connectivity index (χ1v) is 10.7. The molecule has 0 spiro atoms. The number of pyridine rings is 1. The van der Waals surface area contributed by atoms with E-state index in [4.69, 9.17) is 0 Å². The number of rotatable bonds is 4. The van der Waals surface area contributed by atoms with Gasteiger partial charge in [-0.05, 0) is 52.3 Å². The van der Waals surface area contributed by atoms with Gasteiger partial charge in [-0.25, -0.2) is 0 Å². The first kappa shape index (κ1) is 23.2. The average Bonchev–Trinajstić information content (AvgIpc) is 2.73. The van der Waals surface area contributed by atoms with Gasteiger partial charge in [-0.2, -0.15) is 0 Å². The third kappa shape index (κ3) is 5.82. The lowest BCUT2D eigenvalue weighted by molar-refractivity contribution is 0.102. The number of benzene rings is 2. The summed E-state index contributed by atoms with van der Waals surface area (Å²) < 4.78 is 0. The zero-order chi connectivity index (χ0) is 23.5. The molecule has 0 aliphatic heterocycles. The van der Waals surface area contributed by atoms with Gasteiger partial charge in [-0.3, -0.25) is 14.6 Å². The molecule has 0 fully saturated rings. The maximum Gasteiger partial charge on any atom is 0.257 e. The number of anilines is 2. The van der Waals surface area contributed by atoms with Crippen molar-refractivity contribution in [3.8, 4) is 0 Å². The summed E-state index contributed by atoms with van der Waals surface area (Å²) in [6, 6.07) is 17.1. The van der Waals surface area contributed by atoms with Crippen molar-refractivity contribution in [1.29, 1.82) is 0 Å². The normalized spacial score (nSPS) is 11.7. The molecule has 166 valence electrons. The van der Waals surface area contributed by atoms with Gasteiger partial charge in [0, 0.05) is 23.8 Å². The minimum Gasteiger partial charge on any atom is -0.322 e. The Morgan fingerprint density at radius 3 is 1.44 bits per heavy atom. The molecule has 0 saturated heterocycles. The van der Waals surface area contributed by atoms with Crippen molar-refractivity contribution in [3.63, 3.8) is 0 Å². The molecule has 0 radical (unpaired) electrons. The van der Waals surface area contributed by atoms with E-state index >= 15 is 0 Å². The lowest BCUT2D eigenvalue weighted by atomic mass is 9.87. The van der Waals surface area contributed by atoms with Gasteiger partial charge >= 0.3 is 0 Å². The predicted octanol–water partition coefficient (Wildman–Crippen LogP) is 6.18. The van der Waals surface area contributed by atoms with Crippen LogP contribution in [0.3, 0.4) is 0 Å². The van der Waals surface area contributed by atoms with E-state index < -0.39 is 0 Å². The van der Waals surface area contributed by atoms with Crippen molar-refractivity contribution < 1.29 is 9.59 Å². The number of nitrogens with zero attached hydrogens (tertiary/aromatic N) is 1. The summed E-state index contributed by atoms with van der Waals surface area (Å²) in [6.45, 7) is 12.7. The van der Waals surface area contributed by atoms with E-state index in [2.05, 4.69) is 57.2 Å². The number of aromatic nitrogens is 1. The number of amides is 2. The van der Waals surface area contributed by atoms with Crippen LogP contribution in [0, 0.1) is 0 Å². The van der Waals surface area contributed by atoms with E-state index in [1.165, 1.54) is 12.4 Å². The van der Waals surface area contributed by atoms with E-state index in [-0.39, 0.29) is 22.6 Å². The van der Waals surface area contributed by atoms with Crippen molar-refractivity contribution >= 4 is 23.2 Å². The number of carbonyl (C=O) groups is 2. The Bertz CT molecular complexity index is 1050. The van der Waals surface area contributed by atoms with Crippen LogP contribution in [0.15, 0.2) is 67.0 Å². The number of hydrogen-bond donors (Lipinski definition) is 2. The van der Waals surface area contributed by atoms with Gasteiger partial charge in [0.15, 0.2) is 0 Å². The first-order valence-electron chi connectivity index (χ1n) is 10.7. The molecule has 2 amide bonds. The highest BCUT2D eigenvalue weighted by Gasteiger charge is 2.17. The highest BCUT2D eigenvalue weighted by molar-refractivity contribution is 6.08. The van der Waals surface area contributed by atoms with E-state index in [1.807, 2.05) is 48.5 Å². The van der Waals surface area contributed by atoms with Crippen molar-refractivity contribution in [2.24, 2.45) is 0 Å². The topological polar surface area (TPSA) is 71.1 Å². The molecule has 1 aromatic heterocycles. The number of carbonyl (C=O) groups excluding carboxylic acids is 2. The van der Waals surface area contributed by atoms with Crippen LogP contribution in [0.1, 0.15) is 73.4 Å². The smallest absolute Gasteiger partial charge is 0.257 e. The second kappa shape index (κ2) is 8.95. The van der Waals surface area contributed by atoms with Gasteiger partial charge in [-0.1, -0.05) is 65.8 Å². The summed E-state index contributed by atoms with van der Waals surface area (Å²) >= 11 is 0. The predicted molar refractivity (Wildman–Crippen MR) is 130 cm³/mol. The van der Waals surface area contributed by atoms with Crippen LogP contribution in [0.5, 0.6) is 0 Å².